The Labute approximate surface area is 103 Å². The average molecular weight is 238 g/mol. The molecule has 0 nitrogen and oxygen atoms in total. The van der Waals surface area contributed by atoms with Crippen molar-refractivity contribution in [3.63, 3.8) is 0 Å². The molecule has 2 aliphatic rings. The summed E-state index contributed by atoms with van der Waals surface area (Å²) in [5.41, 5.74) is 2.25. The molecule has 0 unspecified atom stereocenters. The predicted molar refractivity (Wildman–Crippen MR) is 61.4 cm³/mol. The van der Waals surface area contributed by atoms with E-state index in [1.807, 2.05) is 24.3 Å². The first-order valence-electron chi connectivity index (χ1n) is 4.66. The van der Waals surface area contributed by atoms with Crippen molar-refractivity contribution in [3.8, 4) is 0 Å². The summed E-state index contributed by atoms with van der Waals surface area (Å²) < 4.78 is 0. The van der Waals surface area contributed by atoms with Crippen molar-refractivity contribution in [2.24, 2.45) is 0 Å². The van der Waals surface area contributed by atoms with Crippen LogP contribution in [0.25, 0.3) is 0 Å². The molecule has 0 saturated carbocycles. The van der Waals surface area contributed by atoms with Crippen LogP contribution in [0.3, 0.4) is 0 Å². The summed E-state index contributed by atoms with van der Waals surface area (Å²) in [6, 6.07) is 0. The van der Waals surface area contributed by atoms with Crippen LogP contribution in [0.5, 0.6) is 0 Å². The number of allylic oxidation sites excluding steroid dienone is 10. The van der Waals surface area contributed by atoms with Crippen LogP contribution in [0.15, 0.2) is 60.8 Å². The molecule has 0 aromatic rings. The van der Waals surface area contributed by atoms with Gasteiger partial charge in [0.2, 0.25) is 0 Å². The standard InChI is InChI=1S/2C7H7.Fe/c2*1-2-7-5-3-4-6-7;/h2*2-3,5H,1,4H2;/q2*-1;+2. The second-order valence-corrected chi connectivity index (χ2v) is 2.89. The SMILES string of the molecule is C=CC1=[C-]CC=C1.C=CC1=[C-]CC=C1.[Fe+2]. The molecule has 0 bridgehead atoms. The van der Waals surface area contributed by atoms with Crippen LogP contribution < -0.4 is 0 Å². The van der Waals surface area contributed by atoms with E-state index in [1.165, 1.54) is 0 Å². The van der Waals surface area contributed by atoms with Crippen LogP contribution in [0, 0.1) is 12.2 Å². The van der Waals surface area contributed by atoms with Crippen LogP contribution in [-0.4, -0.2) is 0 Å². The van der Waals surface area contributed by atoms with E-state index in [0.717, 1.165) is 24.0 Å². The molecule has 1 heteroatoms. The van der Waals surface area contributed by atoms with E-state index in [0.29, 0.717) is 0 Å². The van der Waals surface area contributed by atoms with Crippen molar-refractivity contribution in [1.29, 1.82) is 0 Å². The van der Waals surface area contributed by atoms with E-state index in [4.69, 9.17) is 0 Å². The molecule has 78 valence electrons. The first-order chi connectivity index (χ1) is 6.86. The van der Waals surface area contributed by atoms with Gasteiger partial charge >= 0.3 is 17.1 Å². The maximum absolute atomic E-state index is 3.59. The maximum Gasteiger partial charge on any atom is 2.00 e. The summed E-state index contributed by atoms with van der Waals surface area (Å²) in [6.07, 6.45) is 19.9. The normalized spacial score (nSPS) is 15.7. The third-order valence-electron chi connectivity index (χ3n) is 1.88. The molecule has 0 atom stereocenters. The van der Waals surface area contributed by atoms with E-state index < -0.39 is 0 Å². The Morgan fingerprint density at radius 2 is 1.33 bits per heavy atom. The molecule has 0 amide bonds. The Balaban J connectivity index is 0.000000245. The zero-order valence-corrected chi connectivity index (χ0v) is 9.75. The molecule has 15 heavy (non-hydrogen) atoms. The predicted octanol–water partition coefficient (Wildman–Crippen LogP) is 3.72. The average Bonchev–Trinajstić information content (AvgIpc) is 2.92. The van der Waals surface area contributed by atoms with Gasteiger partial charge in [-0.05, 0) is 0 Å². The van der Waals surface area contributed by atoms with Gasteiger partial charge in [0, 0.05) is 0 Å². The van der Waals surface area contributed by atoms with Crippen LogP contribution >= 0.6 is 0 Å². The van der Waals surface area contributed by atoms with Crippen molar-refractivity contribution < 1.29 is 17.1 Å². The van der Waals surface area contributed by atoms with Crippen molar-refractivity contribution in [3.05, 3.63) is 72.9 Å². The van der Waals surface area contributed by atoms with Crippen LogP contribution in [0.1, 0.15) is 12.8 Å². The van der Waals surface area contributed by atoms with Gasteiger partial charge in [-0.15, -0.1) is 12.2 Å². The van der Waals surface area contributed by atoms with E-state index in [-0.39, 0.29) is 17.1 Å². The van der Waals surface area contributed by atoms with Crippen molar-refractivity contribution in [2.75, 3.05) is 0 Å². The van der Waals surface area contributed by atoms with Crippen LogP contribution in [-0.2, 0) is 17.1 Å². The Bertz CT molecular complexity index is 293. The molecule has 2 rings (SSSR count). The fraction of sp³-hybridized carbons (Fsp3) is 0.143. The molecule has 0 spiro atoms. The van der Waals surface area contributed by atoms with E-state index in [2.05, 4.69) is 37.5 Å². The molecular weight excluding hydrogens is 224 g/mol. The molecule has 0 fully saturated rings. The van der Waals surface area contributed by atoms with Gasteiger partial charge < -0.3 is 0 Å². The molecule has 0 radical (unpaired) electrons. The summed E-state index contributed by atoms with van der Waals surface area (Å²) >= 11 is 0. The summed E-state index contributed by atoms with van der Waals surface area (Å²) in [6.45, 7) is 7.18. The first kappa shape index (κ1) is 14.0. The van der Waals surface area contributed by atoms with Gasteiger partial charge in [0.15, 0.2) is 0 Å². The van der Waals surface area contributed by atoms with Gasteiger partial charge in [-0.3, -0.25) is 0 Å². The Morgan fingerprint density at radius 1 is 0.933 bits per heavy atom. The molecule has 0 N–H and O–H groups in total. The molecule has 0 heterocycles. The molecule has 2 aliphatic carbocycles. The van der Waals surface area contributed by atoms with E-state index in [9.17, 15) is 0 Å². The quantitative estimate of drug-likeness (QED) is 0.508. The zero-order chi connectivity index (χ0) is 10.2. The first-order valence-corrected chi connectivity index (χ1v) is 4.66. The fourth-order valence-corrected chi connectivity index (χ4v) is 1.12. The van der Waals surface area contributed by atoms with Gasteiger partial charge in [0.05, 0.1) is 0 Å². The Kier molecular flexibility index (Phi) is 7.71. The number of rotatable bonds is 2. The minimum Gasteiger partial charge on any atom is -0.198 e. The Hall–Kier alpha value is -1.04. The summed E-state index contributed by atoms with van der Waals surface area (Å²) in [5.74, 6) is 0. The number of hydrogen-bond acceptors (Lipinski definition) is 0. The summed E-state index contributed by atoms with van der Waals surface area (Å²) in [7, 11) is 0. The second kappa shape index (κ2) is 8.28. The fourth-order valence-electron chi connectivity index (χ4n) is 1.12. The largest absolute Gasteiger partial charge is 2.00 e. The van der Waals surface area contributed by atoms with Gasteiger partial charge in [-0.2, -0.15) is 60.8 Å². The van der Waals surface area contributed by atoms with Gasteiger partial charge in [-0.1, -0.05) is 12.8 Å². The van der Waals surface area contributed by atoms with Crippen molar-refractivity contribution in [1.82, 2.24) is 0 Å². The third kappa shape index (κ3) is 5.41. The van der Waals surface area contributed by atoms with Crippen LogP contribution in [0.2, 0.25) is 0 Å². The molecule has 0 aromatic heterocycles. The van der Waals surface area contributed by atoms with Crippen LogP contribution in [0.4, 0.5) is 0 Å². The minimum atomic E-state index is 0. The van der Waals surface area contributed by atoms with E-state index >= 15 is 0 Å². The summed E-state index contributed by atoms with van der Waals surface area (Å²) in [5, 5.41) is 0. The van der Waals surface area contributed by atoms with Crippen molar-refractivity contribution >= 4 is 0 Å². The molecule has 0 aromatic carbocycles. The molecule has 0 saturated heterocycles. The Morgan fingerprint density at radius 3 is 1.47 bits per heavy atom. The van der Waals surface area contributed by atoms with Crippen molar-refractivity contribution in [2.45, 2.75) is 12.8 Å². The van der Waals surface area contributed by atoms with Gasteiger partial charge in [0.1, 0.15) is 0 Å². The van der Waals surface area contributed by atoms with Gasteiger partial charge in [0.25, 0.3) is 0 Å². The van der Waals surface area contributed by atoms with E-state index in [1.54, 1.807) is 0 Å². The smallest absolute Gasteiger partial charge is 0.198 e. The summed E-state index contributed by atoms with van der Waals surface area (Å²) in [4.78, 5) is 0. The maximum atomic E-state index is 3.59. The van der Waals surface area contributed by atoms with Gasteiger partial charge in [-0.25, -0.2) is 0 Å². The zero-order valence-electron chi connectivity index (χ0n) is 8.65. The number of hydrogen-bond donors (Lipinski definition) is 0. The third-order valence-corrected chi connectivity index (χ3v) is 1.88. The second-order valence-electron chi connectivity index (χ2n) is 2.89. The monoisotopic (exact) mass is 238 g/mol. The topological polar surface area (TPSA) is 0 Å². The molecular formula is C14H14Fe. The minimum absolute atomic E-state index is 0. The molecule has 0 aliphatic heterocycles.